The van der Waals surface area contributed by atoms with Crippen LogP contribution in [0, 0.1) is 11.7 Å². The molecule has 0 saturated carbocycles. The van der Waals surface area contributed by atoms with Gasteiger partial charge >= 0.3 is 0 Å². The highest BCUT2D eigenvalue weighted by atomic mass is 35.5. The quantitative estimate of drug-likeness (QED) is 0.824. The first-order valence-electron chi connectivity index (χ1n) is 6.77. The topological polar surface area (TPSA) is 34.2 Å². The first kappa shape index (κ1) is 16.2. The van der Waals surface area contributed by atoms with Crippen LogP contribution < -0.4 is 10.1 Å². The minimum Gasteiger partial charge on any atom is -0.484 e. The molecular weight excluding hydrogens is 311 g/mol. The van der Waals surface area contributed by atoms with Crippen molar-refractivity contribution in [1.82, 2.24) is 10.3 Å². The van der Waals surface area contributed by atoms with E-state index in [1.165, 1.54) is 6.07 Å². The van der Waals surface area contributed by atoms with E-state index in [-0.39, 0.29) is 17.4 Å². The van der Waals surface area contributed by atoms with Crippen molar-refractivity contribution in [2.45, 2.75) is 27.0 Å². The van der Waals surface area contributed by atoms with Crippen molar-refractivity contribution in [1.29, 1.82) is 0 Å². The largest absolute Gasteiger partial charge is 0.484 e. The Morgan fingerprint density at radius 1 is 1.43 bits per heavy atom. The molecule has 1 aromatic heterocycles. The molecule has 0 unspecified atom stereocenters. The van der Waals surface area contributed by atoms with Crippen molar-refractivity contribution < 1.29 is 9.13 Å². The van der Waals surface area contributed by atoms with Crippen LogP contribution in [0.4, 0.5) is 4.39 Å². The molecule has 0 bridgehead atoms. The van der Waals surface area contributed by atoms with E-state index in [9.17, 15) is 4.39 Å². The van der Waals surface area contributed by atoms with Crippen molar-refractivity contribution in [3.63, 3.8) is 0 Å². The van der Waals surface area contributed by atoms with Gasteiger partial charge in [0.2, 0.25) is 0 Å². The van der Waals surface area contributed by atoms with Crippen LogP contribution in [0.5, 0.6) is 5.75 Å². The molecular formula is C15H18ClFN2OS. The van der Waals surface area contributed by atoms with Crippen molar-refractivity contribution >= 4 is 22.9 Å². The van der Waals surface area contributed by atoms with Crippen LogP contribution in [0.2, 0.25) is 5.02 Å². The Bertz CT molecular complexity index is 589. The Kier molecular flexibility index (Phi) is 5.96. The predicted molar refractivity (Wildman–Crippen MR) is 84.4 cm³/mol. The SMILES string of the molecule is CC(C)CNCc1nc(COc2cccc(Cl)c2F)cs1. The third-order valence-electron chi connectivity index (χ3n) is 2.72. The Morgan fingerprint density at radius 2 is 2.24 bits per heavy atom. The average molecular weight is 329 g/mol. The molecule has 2 rings (SSSR count). The molecule has 1 heterocycles. The molecule has 0 radical (unpaired) electrons. The van der Waals surface area contributed by atoms with Gasteiger partial charge in [-0.05, 0) is 24.6 Å². The Labute approximate surface area is 133 Å². The fourth-order valence-electron chi connectivity index (χ4n) is 1.71. The summed E-state index contributed by atoms with van der Waals surface area (Å²) in [5.41, 5.74) is 0.792. The van der Waals surface area contributed by atoms with Crippen LogP contribution in [-0.4, -0.2) is 11.5 Å². The number of aromatic nitrogens is 1. The van der Waals surface area contributed by atoms with Crippen molar-refractivity contribution in [3.8, 4) is 5.75 Å². The van der Waals surface area contributed by atoms with Gasteiger partial charge in [0, 0.05) is 11.9 Å². The van der Waals surface area contributed by atoms with E-state index < -0.39 is 5.82 Å². The fraction of sp³-hybridized carbons (Fsp3) is 0.400. The van der Waals surface area contributed by atoms with E-state index in [4.69, 9.17) is 16.3 Å². The van der Waals surface area contributed by atoms with Gasteiger partial charge in [-0.25, -0.2) is 9.37 Å². The molecule has 0 fully saturated rings. The Morgan fingerprint density at radius 3 is 3.00 bits per heavy atom. The molecule has 0 saturated heterocycles. The van der Waals surface area contributed by atoms with Crippen molar-refractivity contribution in [2.24, 2.45) is 5.92 Å². The number of hydrogen-bond donors (Lipinski definition) is 1. The summed E-state index contributed by atoms with van der Waals surface area (Å²) in [7, 11) is 0. The standard InChI is InChI=1S/C15H18ClFN2OS/c1-10(2)6-18-7-14-19-11(9-21-14)8-20-13-5-3-4-12(16)15(13)17/h3-5,9-10,18H,6-8H2,1-2H3. The Hall–Kier alpha value is -1.17. The first-order valence-corrected chi connectivity index (χ1v) is 8.03. The van der Waals surface area contributed by atoms with Crippen LogP contribution in [0.25, 0.3) is 0 Å². The molecule has 3 nitrogen and oxygen atoms in total. The molecule has 6 heteroatoms. The van der Waals surface area contributed by atoms with Crippen LogP contribution in [0.1, 0.15) is 24.5 Å². The molecule has 1 aromatic carbocycles. The van der Waals surface area contributed by atoms with Crippen molar-refractivity contribution in [2.75, 3.05) is 6.54 Å². The highest BCUT2D eigenvalue weighted by Gasteiger charge is 2.09. The maximum atomic E-state index is 13.7. The number of thiazole rings is 1. The number of benzene rings is 1. The van der Waals surface area contributed by atoms with Gasteiger partial charge in [0.15, 0.2) is 11.6 Å². The highest BCUT2D eigenvalue weighted by molar-refractivity contribution is 7.09. The summed E-state index contributed by atoms with van der Waals surface area (Å²) in [6.45, 7) is 6.26. The van der Waals surface area contributed by atoms with Gasteiger partial charge in [-0.1, -0.05) is 31.5 Å². The van der Waals surface area contributed by atoms with Gasteiger partial charge in [0.25, 0.3) is 0 Å². The summed E-state index contributed by atoms with van der Waals surface area (Å²) in [5.74, 6) is 0.224. The van der Waals surface area contributed by atoms with Crippen LogP contribution in [0.3, 0.4) is 0 Å². The van der Waals surface area contributed by atoms with E-state index >= 15 is 0 Å². The minimum absolute atomic E-state index is 0.0596. The lowest BCUT2D eigenvalue weighted by molar-refractivity contribution is 0.286. The zero-order chi connectivity index (χ0) is 15.2. The number of nitrogens with zero attached hydrogens (tertiary/aromatic N) is 1. The molecule has 0 atom stereocenters. The second-order valence-electron chi connectivity index (χ2n) is 5.10. The van der Waals surface area contributed by atoms with Gasteiger partial charge < -0.3 is 10.1 Å². The smallest absolute Gasteiger partial charge is 0.183 e. The van der Waals surface area contributed by atoms with Crippen LogP contribution in [0.15, 0.2) is 23.6 Å². The molecule has 0 aliphatic rings. The van der Waals surface area contributed by atoms with Gasteiger partial charge in [-0.2, -0.15) is 0 Å². The summed E-state index contributed by atoms with van der Waals surface area (Å²) in [4.78, 5) is 4.45. The second-order valence-corrected chi connectivity index (χ2v) is 6.45. The number of rotatable bonds is 7. The fourth-order valence-corrected chi connectivity index (χ4v) is 2.63. The lowest BCUT2D eigenvalue weighted by Crippen LogP contribution is -2.18. The maximum absolute atomic E-state index is 13.7. The highest BCUT2D eigenvalue weighted by Crippen LogP contribution is 2.25. The second kappa shape index (κ2) is 7.73. The third-order valence-corrected chi connectivity index (χ3v) is 3.91. The molecule has 0 aliphatic carbocycles. The normalized spacial score (nSPS) is 11.1. The summed E-state index contributed by atoms with van der Waals surface area (Å²) >= 11 is 7.28. The van der Waals surface area contributed by atoms with E-state index in [1.807, 2.05) is 5.38 Å². The number of halogens is 2. The average Bonchev–Trinajstić information content (AvgIpc) is 2.88. The first-order chi connectivity index (χ1) is 10.1. The number of nitrogens with one attached hydrogen (secondary N) is 1. The number of ether oxygens (including phenoxy) is 1. The van der Waals surface area contributed by atoms with Gasteiger partial charge in [-0.3, -0.25) is 0 Å². The lowest BCUT2D eigenvalue weighted by Gasteiger charge is -2.06. The van der Waals surface area contributed by atoms with E-state index in [0.29, 0.717) is 5.92 Å². The molecule has 21 heavy (non-hydrogen) atoms. The summed E-state index contributed by atoms with van der Waals surface area (Å²) in [5, 5.41) is 6.32. The summed E-state index contributed by atoms with van der Waals surface area (Å²) < 4.78 is 19.1. The summed E-state index contributed by atoms with van der Waals surface area (Å²) in [6.07, 6.45) is 0. The summed E-state index contributed by atoms with van der Waals surface area (Å²) in [6, 6.07) is 4.70. The van der Waals surface area contributed by atoms with Gasteiger partial charge in [-0.15, -0.1) is 11.3 Å². The third kappa shape index (κ3) is 4.95. The van der Waals surface area contributed by atoms with Gasteiger partial charge in [0.1, 0.15) is 11.6 Å². The van der Waals surface area contributed by atoms with Gasteiger partial charge in [0.05, 0.1) is 10.7 Å². The van der Waals surface area contributed by atoms with E-state index in [0.717, 1.165) is 23.8 Å². The molecule has 0 amide bonds. The maximum Gasteiger partial charge on any atom is 0.183 e. The van der Waals surface area contributed by atoms with Crippen molar-refractivity contribution in [3.05, 3.63) is 45.1 Å². The van der Waals surface area contributed by atoms with E-state index in [1.54, 1.807) is 23.5 Å². The molecule has 1 N–H and O–H groups in total. The molecule has 0 spiro atoms. The zero-order valence-electron chi connectivity index (χ0n) is 12.0. The molecule has 114 valence electrons. The zero-order valence-corrected chi connectivity index (χ0v) is 13.6. The Balaban J connectivity index is 1.86. The monoisotopic (exact) mass is 328 g/mol. The lowest BCUT2D eigenvalue weighted by atomic mass is 10.2. The van der Waals surface area contributed by atoms with E-state index in [2.05, 4.69) is 24.1 Å². The van der Waals surface area contributed by atoms with Crippen LogP contribution in [-0.2, 0) is 13.2 Å². The predicted octanol–water partition coefficient (Wildman–Crippen LogP) is 4.26. The number of hydrogen-bond acceptors (Lipinski definition) is 4. The molecule has 0 aliphatic heterocycles. The minimum atomic E-state index is -0.534. The van der Waals surface area contributed by atoms with Crippen LogP contribution >= 0.6 is 22.9 Å². The molecule has 2 aromatic rings.